The molecule has 0 unspecified atom stereocenters. The zero-order valence-electron chi connectivity index (χ0n) is 10.2. The Hall–Kier alpha value is -1.25. The van der Waals surface area contributed by atoms with E-state index in [1.54, 1.807) is 0 Å². The predicted molar refractivity (Wildman–Crippen MR) is 68.8 cm³/mol. The van der Waals surface area contributed by atoms with E-state index in [2.05, 4.69) is 29.5 Å². The summed E-state index contributed by atoms with van der Waals surface area (Å²) in [5.74, 6) is 1.93. The van der Waals surface area contributed by atoms with Gasteiger partial charge >= 0.3 is 0 Å². The van der Waals surface area contributed by atoms with Crippen molar-refractivity contribution in [2.45, 2.75) is 33.1 Å². The van der Waals surface area contributed by atoms with Crippen LogP contribution in [0.4, 0.5) is 11.6 Å². The van der Waals surface area contributed by atoms with Gasteiger partial charge in [-0.25, -0.2) is 4.98 Å². The van der Waals surface area contributed by atoms with Crippen LogP contribution in [-0.4, -0.2) is 18.1 Å². The van der Waals surface area contributed by atoms with Crippen LogP contribution in [0.1, 0.15) is 33.1 Å². The van der Waals surface area contributed by atoms with Crippen molar-refractivity contribution in [1.82, 2.24) is 4.98 Å². The third-order valence-electron chi connectivity index (χ3n) is 3.36. The molecule has 0 atom stereocenters. The molecule has 88 valence electrons. The van der Waals surface area contributed by atoms with Crippen LogP contribution in [0.5, 0.6) is 0 Å². The van der Waals surface area contributed by atoms with E-state index in [4.69, 9.17) is 0 Å². The van der Waals surface area contributed by atoms with Crippen molar-refractivity contribution >= 4 is 11.6 Å². The lowest BCUT2D eigenvalue weighted by Crippen LogP contribution is -2.33. The Morgan fingerprint density at radius 1 is 1.25 bits per heavy atom. The van der Waals surface area contributed by atoms with Crippen LogP contribution in [0.15, 0.2) is 18.2 Å². The van der Waals surface area contributed by atoms with Crippen LogP contribution in [0.3, 0.4) is 0 Å². The zero-order valence-corrected chi connectivity index (χ0v) is 10.2. The highest BCUT2D eigenvalue weighted by molar-refractivity contribution is 5.45. The summed E-state index contributed by atoms with van der Waals surface area (Å²) >= 11 is 0. The molecule has 3 nitrogen and oxygen atoms in total. The second-order valence-corrected chi connectivity index (χ2v) is 4.96. The summed E-state index contributed by atoms with van der Waals surface area (Å²) < 4.78 is 0. The highest BCUT2D eigenvalue weighted by Gasteiger charge is 2.31. The predicted octanol–water partition coefficient (Wildman–Crippen LogP) is 3.12. The van der Waals surface area contributed by atoms with E-state index in [1.165, 1.54) is 19.3 Å². The minimum atomic E-state index is 0.496. The fourth-order valence-electron chi connectivity index (χ4n) is 2.07. The maximum absolute atomic E-state index is 4.50. The first kappa shape index (κ1) is 11.2. The van der Waals surface area contributed by atoms with E-state index in [0.717, 1.165) is 24.7 Å². The lowest BCUT2D eigenvalue weighted by atomic mass is 9.70. The third-order valence-corrected chi connectivity index (χ3v) is 3.36. The van der Waals surface area contributed by atoms with Crippen LogP contribution in [0.2, 0.25) is 0 Å². The molecule has 2 rings (SSSR count). The van der Waals surface area contributed by atoms with Gasteiger partial charge in [0.2, 0.25) is 0 Å². The highest BCUT2D eigenvalue weighted by Crippen LogP contribution is 2.40. The normalized spacial score (nSPS) is 17.6. The van der Waals surface area contributed by atoms with Crippen LogP contribution < -0.4 is 10.6 Å². The van der Waals surface area contributed by atoms with E-state index in [9.17, 15) is 0 Å². The summed E-state index contributed by atoms with van der Waals surface area (Å²) in [6.45, 7) is 6.37. The van der Waals surface area contributed by atoms with Gasteiger partial charge < -0.3 is 10.6 Å². The molecule has 0 radical (unpaired) electrons. The lowest BCUT2D eigenvalue weighted by molar-refractivity contribution is 0.180. The Balaban J connectivity index is 1.90. The second-order valence-electron chi connectivity index (χ2n) is 4.96. The summed E-state index contributed by atoms with van der Waals surface area (Å²) in [6, 6.07) is 6.07. The van der Waals surface area contributed by atoms with Crippen LogP contribution in [0, 0.1) is 5.41 Å². The Labute approximate surface area is 97.7 Å². The van der Waals surface area contributed by atoms with Crippen molar-refractivity contribution in [3.05, 3.63) is 18.2 Å². The van der Waals surface area contributed by atoms with Gasteiger partial charge in [-0.15, -0.1) is 0 Å². The Morgan fingerprint density at radius 2 is 1.94 bits per heavy atom. The molecule has 1 saturated carbocycles. The van der Waals surface area contributed by atoms with Gasteiger partial charge in [0, 0.05) is 13.1 Å². The Kier molecular flexibility index (Phi) is 3.32. The number of rotatable bonds is 5. The minimum absolute atomic E-state index is 0.496. The molecular formula is C13H21N3. The average molecular weight is 219 g/mol. The number of hydrogen-bond donors (Lipinski definition) is 2. The molecule has 1 heterocycles. The summed E-state index contributed by atoms with van der Waals surface area (Å²) in [5, 5.41) is 6.66. The molecule has 1 aliphatic rings. The molecule has 0 bridgehead atoms. The smallest absolute Gasteiger partial charge is 0.128 e. The molecule has 1 aromatic heterocycles. The van der Waals surface area contributed by atoms with Crippen molar-refractivity contribution in [3.63, 3.8) is 0 Å². The summed E-state index contributed by atoms with van der Waals surface area (Å²) in [6.07, 6.45) is 4.06. The van der Waals surface area contributed by atoms with Gasteiger partial charge in [0.25, 0.3) is 0 Å². The Bertz CT molecular complexity index is 345. The maximum Gasteiger partial charge on any atom is 0.128 e. The van der Waals surface area contributed by atoms with Crippen molar-refractivity contribution in [3.8, 4) is 0 Å². The number of nitrogens with zero attached hydrogens (tertiary/aromatic N) is 1. The van der Waals surface area contributed by atoms with Crippen molar-refractivity contribution in [1.29, 1.82) is 0 Å². The molecule has 1 fully saturated rings. The second kappa shape index (κ2) is 4.73. The molecule has 0 spiro atoms. The van der Waals surface area contributed by atoms with E-state index in [0.29, 0.717) is 5.41 Å². The fraction of sp³-hybridized carbons (Fsp3) is 0.615. The van der Waals surface area contributed by atoms with Gasteiger partial charge in [-0.3, -0.25) is 0 Å². The zero-order chi connectivity index (χ0) is 11.4. The number of aromatic nitrogens is 1. The molecule has 1 aliphatic carbocycles. The highest BCUT2D eigenvalue weighted by atomic mass is 15.1. The largest absolute Gasteiger partial charge is 0.370 e. The van der Waals surface area contributed by atoms with Gasteiger partial charge in [0.05, 0.1) is 0 Å². The fourth-order valence-corrected chi connectivity index (χ4v) is 2.07. The minimum Gasteiger partial charge on any atom is -0.370 e. The first-order valence-electron chi connectivity index (χ1n) is 6.17. The number of pyridine rings is 1. The van der Waals surface area contributed by atoms with Gasteiger partial charge in [-0.05, 0) is 37.3 Å². The van der Waals surface area contributed by atoms with Gasteiger partial charge in [0.1, 0.15) is 11.6 Å². The van der Waals surface area contributed by atoms with Crippen LogP contribution in [0.25, 0.3) is 0 Å². The van der Waals surface area contributed by atoms with Gasteiger partial charge in [0.15, 0.2) is 0 Å². The molecule has 3 heteroatoms. The average Bonchev–Trinajstić information content (AvgIpc) is 2.25. The quantitative estimate of drug-likeness (QED) is 0.799. The van der Waals surface area contributed by atoms with Gasteiger partial charge in [-0.2, -0.15) is 0 Å². The molecular weight excluding hydrogens is 198 g/mol. The summed E-state index contributed by atoms with van der Waals surface area (Å²) in [5.41, 5.74) is 0.496. The molecule has 1 aromatic rings. The summed E-state index contributed by atoms with van der Waals surface area (Å²) in [7, 11) is 0. The maximum atomic E-state index is 4.50. The first-order chi connectivity index (χ1) is 7.72. The molecule has 2 N–H and O–H groups in total. The molecule has 0 aromatic carbocycles. The van der Waals surface area contributed by atoms with Crippen molar-refractivity contribution in [2.24, 2.45) is 5.41 Å². The van der Waals surface area contributed by atoms with E-state index in [1.807, 2.05) is 18.2 Å². The van der Waals surface area contributed by atoms with Crippen molar-refractivity contribution in [2.75, 3.05) is 23.7 Å². The number of nitrogens with one attached hydrogen (secondary N) is 2. The van der Waals surface area contributed by atoms with E-state index < -0.39 is 0 Å². The van der Waals surface area contributed by atoms with Crippen LogP contribution >= 0.6 is 0 Å². The molecule has 0 amide bonds. The van der Waals surface area contributed by atoms with E-state index >= 15 is 0 Å². The van der Waals surface area contributed by atoms with Crippen molar-refractivity contribution < 1.29 is 0 Å². The van der Waals surface area contributed by atoms with Crippen LogP contribution in [-0.2, 0) is 0 Å². The monoisotopic (exact) mass is 219 g/mol. The van der Waals surface area contributed by atoms with E-state index in [-0.39, 0.29) is 0 Å². The number of anilines is 2. The molecule has 0 saturated heterocycles. The van der Waals surface area contributed by atoms with Gasteiger partial charge in [-0.1, -0.05) is 19.4 Å². The first-order valence-corrected chi connectivity index (χ1v) is 6.17. The molecule has 0 aliphatic heterocycles. The third kappa shape index (κ3) is 2.65. The Morgan fingerprint density at radius 3 is 2.50 bits per heavy atom. The number of hydrogen-bond acceptors (Lipinski definition) is 3. The lowest BCUT2D eigenvalue weighted by Gasteiger charge is -2.38. The molecule has 16 heavy (non-hydrogen) atoms. The standard InChI is InChI=1S/C13H21N3/c1-3-14-11-6-4-7-12(16-11)15-10-13(2)8-5-9-13/h4,6-7H,3,5,8-10H2,1-2H3,(H2,14,15,16). The summed E-state index contributed by atoms with van der Waals surface area (Å²) in [4.78, 5) is 4.50. The topological polar surface area (TPSA) is 37.0 Å². The SMILES string of the molecule is CCNc1cccc(NCC2(C)CCC2)n1.